The van der Waals surface area contributed by atoms with Crippen molar-refractivity contribution in [1.82, 2.24) is 15.0 Å². The fraction of sp³-hybridized carbons (Fsp3) is 0.304. The largest absolute Gasteiger partial charge is 0.573 e. The van der Waals surface area contributed by atoms with Crippen molar-refractivity contribution in [2.24, 2.45) is 0 Å². The Morgan fingerprint density at radius 1 is 0.971 bits per heavy atom. The lowest BCUT2D eigenvalue weighted by Crippen LogP contribution is -2.48. The maximum absolute atomic E-state index is 13.1. The third kappa shape index (κ3) is 4.77. The van der Waals surface area contributed by atoms with E-state index < -0.39 is 29.5 Å². The lowest BCUT2D eigenvalue weighted by Gasteiger charge is -2.36. The van der Waals surface area contributed by atoms with Crippen molar-refractivity contribution in [3.8, 4) is 5.75 Å². The van der Waals surface area contributed by atoms with Crippen LogP contribution in [0.15, 0.2) is 53.5 Å². The Morgan fingerprint density at radius 3 is 2.40 bits per heavy atom. The molecule has 1 amide bonds. The Balaban J connectivity index is 1.44. The van der Waals surface area contributed by atoms with Gasteiger partial charge in [-0.3, -0.25) is 14.6 Å². The van der Waals surface area contributed by atoms with Crippen LogP contribution in [0.25, 0.3) is 0 Å². The maximum Gasteiger partial charge on any atom is 0.573 e. The second-order valence-corrected chi connectivity index (χ2v) is 8.20. The second kappa shape index (κ2) is 8.93. The third-order valence-electron chi connectivity index (χ3n) is 6.01. The van der Waals surface area contributed by atoms with Crippen LogP contribution in [0.2, 0.25) is 0 Å². The molecule has 1 atom stereocenters. The number of aromatic nitrogens is 3. The van der Waals surface area contributed by atoms with Gasteiger partial charge in [-0.15, -0.1) is 13.2 Å². The van der Waals surface area contributed by atoms with Crippen LogP contribution in [0.4, 0.5) is 30.8 Å². The van der Waals surface area contributed by atoms with Crippen LogP contribution in [0, 0.1) is 0 Å². The number of alkyl halides is 3. The number of benzene rings is 1. The van der Waals surface area contributed by atoms with Gasteiger partial charge in [0.2, 0.25) is 11.9 Å². The Kier molecular flexibility index (Phi) is 5.79. The number of pyridine rings is 1. The summed E-state index contributed by atoms with van der Waals surface area (Å²) in [6.07, 6.45) is -3.40. The number of carbonyl (C=O) groups is 1. The highest BCUT2D eigenvalue weighted by Gasteiger charge is 2.37. The number of rotatable bonds is 4. The molecule has 2 aromatic heterocycles. The topological polar surface area (TPSA) is 103 Å². The fourth-order valence-corrected chi connectivity index (χ4v) is 4.45. The minimum Gasteiger partial charge on any atom is -0.405 e. The molecule has 3 aromatic rings. The van der Waals surface area contributed by atoms with E-state index in [1.807, 2.05) is 23.1 Å². The van der Waals surface area contributed by atoms with Gasteiger partial charge in [-0.05, 0) is 18.2 Å². The molecule has 0 spiro atoms. The van der Waals surface area contributed by atoms with Gasteiger partial charge in [0.1, 0.15) is 17.4 Å². The van der Waals surface area contributed by atoms with Crippen molar-refractivity contribution in [3.05, 3.63) is 70.1 Å². The summed E-state index contributed by atoms with van der Waals surface area (Å²) in [6, 6.07) is 11.2. The second-order valence-electron chi connectivity index (χ2n) is 8.20. The molecule has 4 heterocycles. The number of H-pyrrole nitrogens is 1. The zero-order valence-electron chi connectivity index (χ0n) is 18.4. The first kappa shape index (κ1) is 22.7. The predicted octanol–water partition coefficient (Wildman–Crippen LogP) is 2.86. The van der Waals surface area contributed by atoms with Gasteiger partial charge in [0, 0.05) is 50.3 Å². The van der Waals surface area contributed by atoms with Crippen molar-refractivity contribution >= 4 is 23.5 Å². The van der Waals surface area contributed by atoms with E-state index in [1.165, 1.54) is 18.2 Å². The van der Waals surface area contributed by atoms with Gasteiger partial charge in [-0.2, -0.15) is 4.98 Å². The van der Waals surface area contributed by atoms with Gasteiger partial charge >= 0.3 is 6.36 Å². The molecule has 1 aromatic carbocycles. The van der Waals surface area contributed by atoms with Gasteiger partial charge in [0.05, 0.1) is 5.56 Å². The first-order chi connectivity index (χ1) is 16.8. The zero-order chi connectivity index (χ0) is 24.6. The average molecular weight is 486 g/mol. The number of aromatic amines is 1. The normalized spacial score (nSPS) is 18.1. The number of ether oxygens (including phenoxy) is 1. The Hall–Kier alpha value is -4.09. The molecule has 1 saturated heterocycles. The number of piperazine rings is 1. The van der Waals surface area contributed by atoms with E-state index >= 15 is 0 Å². The summed E-state index contributed by atoms with van der Waals surface area (Å²) in [6.45, 7) is 2.40. The lowest BCUT2D eigenvalue weighted by atomic mass is 9.86. The summed E-state index contributed by atoms with van der Waals surface area (Å²) < 4.78 is 43.0. The molecule has 0 bridgehead atoms. The van der Waals surface area contributed by atoms with Crippen LogP contribution in [0.5, 0.6) is 5.75 Å². The van der Waals surface area contributed by atoms with Crippen molar-refractivity contribution in [2.75, 3.05) is 41.3 Å². The number of halogens is 3. The van der Waals surface area contributed by atoms with Gasteiger partial charge in [0.25, 0.3) is 5.56 Å². The highest BCUT2D eigenvalue weighted by atomic mass is 19.4. The number of hydrogen-bond acceptors (Lipinski definition) is 7. The molecule has 9 nitrogen and oxygen atoms in total. The molecule has 2 aliphatic rings. The summed E-state index contributed by atoms with van der Waals surface area (Å²) in [5.41, 5.74) is -0.340. The summed E-state index contributed by atoms with van der Waals surface area (Å²) in [5.74, 6) is -0.667. The summed E-state index contributed by atoms with van der Waals surface area (Å²) >= 11 is 0. The van der Waals surface area contributed by atoms with Crippen LogP contribution in [-0.4, -0.2) is 53.4 Å². The van der Waals surface area contributed by atoms with E-state index in [0.717, 1.165) is 11.9 Å². The molecule has 2 N–H and O–H groups in total. The highest BCUT2D eigenvalue weighted by molar-refractivity contribution is 5.94. The number of para-hydroxylation sites is 1. The molecule has 35 heavy (non-hydrogen) atoms. The number of nitrogens with one attached hydrogen (secondary N) is 2. The number of amides is 1. The quantitative estimate of drug-likeness (QED) is 0.585. The summed E-state index contributed by atoms with van der Waals surface area (Å²) in [7, 11) is 0. The van der Waals surface area contributed by atoms with Crippen molar-refractivity contribution in [2.45, 2.75) is 18.7 Å². The Labute approximate surface area is 197 Å². The zero-order valence-corrected chi connectivity index (χ0v) is 18.4. The molecule has 1 unspecified atom stereocenters. The summed E-state index contributed by atoms with van der Waals surface area (Å²) in [4.78, 5) is 41.2. The lowest BCUT2D eigenvalue weighted by molar-refractivity contribution is -0.274. The smallest absolute Gasteiger partial charge is 0.405 e. The van der Waals surface area contributed by atoms with Crippen LogP contribution in [0.1, 0.15) is 23.5 Å². The van der Waals surface area contributed by atoms with E-state index in [0.29, 0.717) is 26.2 Å². The number of anilines is 3. The van der Waals surface area contributed by atoms with E-state index in [-0.39, 0.29) is 29.3 Å². The summed E-state index contributed by atoms with van der Waals surface area (Å²) in [5, 5.41) is 2.60. The SMILES string of the molecule is O=C1CC(c2ccccc2OC(F)(F)F)c2c(nc(N3CCN(c4ccccn4)CC3)[nH]c2=O)N1. The number of carbonyl (C=O) groups excluding carboxylic acids is 1. The van der Waals surface area contributed by atoms with Gasteiger partial charge in [-0.1, -0.05) is 24.3 Å². The molecule has 1 fully saturated rings. The van der Waals surface area contributed by atoms with Crippen molar-refractivity contribution in [1.29, 1.82) is 0 Å². The predicted molar refractivity (Wildman–Crippen MR) is 122 cm³/mol. The number of nitrogens with zero attached hydrogens (tertiary/aromatic N) is 4. The molecule has 182 valence electrons. The van der Waals surface area contributed by atoms with Gasteiger partial charge in [-0.25, -0.2) is 4.98 Å². The number of fused-ring (bicyclic) bond motifs is 1. The van der Waals surface area contributed by atoms with E-state index in [1.54, 1.807) is 6.20 Å². The van der Waals surface area contributed by atoms with Crippen LogP contribution in [0.3, 0.4) is 0 Å². The van der Waals surface area contributed by atoms with E-state index in [9.17, 15) is 22.8 Å². The molecular formula is C23H21F3N6O3. The molecule has 0 aliphatic carbocycles. The molecular weight excluding hydrogens is 465 g/mol. The van der Waals surface area contributed by atoms with Gasteiger partial charge < -0.3 is 19.9 Å². The van der Waals surface area contributed by atoms with Crippen LogP contribution in [-0.2, 0) is 4.79 Å². The van der Waals surface area contributed by atoms with E-state index in [2.05, 4.69) is 29.9 Å². The first-order valence-corrected chi connectivity index (χ1v) is 11.0. The monoisotopic (exact) mass is 486 g/mol. The fourth-order valence-electron chi connectivity index (χ4n) is 4.45. The van der Waals surface area contributed by atoms with Crippen molar-refractivity contribution < 1.29 is 22.7 Å². The molecule has 2 aliphatic heterocycles. The molecule has 12 heteroatoms. The highest BCUT2D eigenvalue weighted by Crippen LogP contribution is 2.40. The minimum absolute atomic E-state index is 0.0407. The van der Waals surface area contributed by atoms with E-state index in [4.69, 9.17) is 0 Å². The Bertz CT molecular complexity index is 1290. The minimum atomic E-state index is -4.91. The molecule has 0 saturated carbocycles. The third-order valence-corrected chi connectivity index (χ3v) is 6.01. The van der Waals surface area contributed by atoms with Crippen LogP contribution >= 0.6 is 0 Å². The maximum atomic E-state index is 13.1. The molecule has 5 rings (SSSR count). The standard InChI is InChI=1S/C23H21F3N6O3/c24-23(25,26)35-16-6-2-1-5-14(16)15-13-18(33)28-20-19(15)21(34)30-22(29-20)32-11-9-31(10-12-32)17-7-3-4-8-27-17/h1-8,15H,9-13H2,(H2,28,29,30,33,34). The van der Waals surface area contributed by atoms with Gasteiger partial charge in [0.15, 0.2) is 0 Å². The number of hydrogen-bond donors (Lipinski definition) is 2. The average Bonchev–Trinajstić information content (AvgIpc) is 2.83. The van der Waals surface area contributed by atoms with Crippen molar-refractivity contribution in [3.63, 3.8) is 0 Å². The molecule has 0 radical (unpaired) electrons. The first-order valence-electron chi connectivity index (χ1n) is 11.0. The van der Waals surface area contributed by atoms with Crippen LogP contribution < -0.4 is 25.4 Å². The Morgan fingerprint density at radius 2 is 1.69 bits per heavy atom.